The molecule has 23 nitrogen and oxygen atoms in total. The molecule has 2 fully saturated rings. The van der Waals surface area contributed by atoms with Crippen molar-refractivity contribution in [1.29, 1.82) is 0 Å². The quantitative estimate of drug-likeness (QED) is 0.142. The molecule has 6 heterocycles. The van der Waals surface area contributed by atoms with Gasteiger partial charge >= 0.3 is 12.1 Å². The van der Waals surface area contributed by atoms with E-state index >= 15 is 0 Å². The monoisotopic (exact) mass is 970 g/mol. The van der Waals surface area contributed by atoms with Crippen molar-refractivity contribution in [2.24, 2.45) is 27.5 Å². The molecular formula is C46H66N8O15. The van der Waals surface area contributed by atoms with Gasteiger partial charge in [0.25, 0.3) is 0 Å². The molecule has 2 saturated heterocycles. The van der Waals surface area contributed by atoms with Gasteiger partial charge in [0.05, 0.1) is 30.1 Å². The van der Waals surface area contributed by atoms with E-state index < -0.39 is 77.1 Å². The fraction of sp³-hybridized carbons (Fsp3) is 0.587. The number of fused-ring (bicyclic) bond motifs is 2. The second kappa shape index (κ2) is 22.3. The van der Waals surface area contributed by atoms with Crippen LogP contribution in [0.25, 0.3) is 0 Å². The number of nitrogens with zero attached hydrogens (tertiary/aromatic N) is 3. The lowest BCUT2D eigenvalue weighted by atomic mass is 9.91. The number of aliphatic hydroxyl groups excluding tert-OH is 2. The largest absolute Gasteiger partial charge is 0.480 e. The third-order valence-corrected chi connectivity index (χ3v) is 11.9. The van der Waals surface area contributed by atoms with E-state index in [2.05, 4.69) is 20.9 Å². The van der Waals surface area contributed by atoms with Gasteiger partial charge < -0.3 is 76.5 Å². The van der Waals surface area contributed by atoms with Crippen LogP contribution < -0.4 is 46.8 Å². The number of primary amides is 2. The van der Waals surface area contributed by atoms with Gasteiger partial charge in [-0.25, -0.2) is 9.59 Å². The maximum Gasteiger partial charge on any atom is 0.411 e. The summed E-state index contributed by atoms with van der Waals surface area (Å²) in [6.07, 6.45) is 0.789. The van der Waals surface area contributed by atoms with E-state index in [1.165, 1.54) is 4.90 Å². The highest BCUT2D eigenvalue weighted by Crippen LogP contribution is 2.42. The Kier molecular flexibility index (Phi) is 17.3. The molecule has 2 aromatic carbocycles. The Balaban J connectivity index is 0.000000213. The predicted octanol–water partition coefficient (Wildman–Crippen LogP) is 1.74. The zero-order valence-electron chi connectivity index (χ0n) is 38.7. The van der Waals surface area contributed by atoms with Gasteiger partial charge in [-0.3, -0.25) is 19.3 Å². The molecule has 6 aliphatic rings. The van der Waals surface area contributed by atoms with E-state index in [9.17, 15) is 34.2 Å². The molecule has 0 aromatic heterocycles. The molecule has 4 amide bonds. The summed E-state index contributed by atoms with van der Waals surface area (Å²) in [5.41, 5.74) is 16.3. The topological polar surface area (TPSA) is 341 Å². The second-order valence-corrected chi connectivity index (χ2v) is 18.5. The van der Waals surface area contributed by atoms with Gasteiger partial charge in [0.15, 0.2) is 40.3 Å². The number of carboxylic acids is 1. The molecule has 8 atom stereocenters. The Hall–Kier alpha value is -6.43. The van der Waals surface area contributed by atoms with Crippen molar-refractivity contribution in [3.63, 3.8) is 0 Å². The maximum atomic E-state index is 12.7. The molecule has 380 valence electrons. The van der Waals surface area contributed by atoms with Crippen LogP contribution in [-0.4, -0.2) is 141 Å². The summed E-state index contributed by atoms with van der Waals surface area (Å²) in [6, 6.07) is 8.31. The Labute approximate surface area is 399 Å². The summed E-state index contributed by atoms with van der Waals surface area (Å²) in [5.74, 6) is -0.327. The van der Waals surface area contributed by atoms with Crippen LogP contribution in [0.3, 0.4) is 0 Å². The van der Waals surface area contributed by atoms with E-state index in [0.29, 0.717) is 73.8 Å². The zero-order valence-corrected chi connectivity index (χ0v) is 38.7. The number of hydrogen-bond acceptors (Lipinski definition) is 18. The highest BCUT2D eigenvalue weighted by Gasteiger charge is 2.55. The minimum atomic E-state index is -1.42. The van der Waals surface area contributed by atoms with Crippen LogP contribution in [0.5, 0.6) is 23.0 Å². The molecule has 0 bridgehead atoms. The summed E-state index contributed by atoms with van der Waals surface area (Å²) in [4.78, 5) is 71.2. The standard InChI is InChI=1S/C20H26N4O6.C19H22N2O7.C6H14N2O2.CH4/c1-2-3-12(17(25)18(21)26)23-19(27)14-8-20(9-22-14)7-13(24-30-20)11-4-5-15-16(6-11)29-10-28-15;1-18(2,3)27-17(24)21-9-19(8-13(21)16(22)23)7-12(20-28-19)11-4-5-14-15(6-11)26-10-25-14;1-2-3-4(7)5(9)6(8)10;/h4-6,12,14,17,22,25H,2-3,7-10H2,1H3,(H2,21,26)(H,23,27);4-6,13H,7-10H2,1-3H3,(H,22,23);4-5,9H,2-3,7H2,1H3,(H2,8,10);1H4/t12-,14-,17?,20+;13-,19+;4-,5?;/m000./s1. The number of carbonyl (C=O) groups is 5. The summed E-state index contributed by atoms with van der Waals surface area (Å²) in [6.45, 7) is 9.96. The first-order chi connectivity index (χ1) is 32.2. The molecule has 0 radical (unpaired) electrons. The van der Waals surface area contributed by atoms with Crippen molar-refractivity contribution < 1.29 is 72.7 Å². The zero-order chi connectivity index (χ0) is 49.6. The predicted molar refractivity (Wildman–Crippen MR) is 247 cm³/mol. The Bertz CT molecular complexity index is 2270. The number of ether oxygens (including phenoxy) is 5. The second-order valence-electron chi connectivity index (χ2n) is 18.5. The van der Waals surface area contributed by atoms with Crippen LogP contribution in [0.4, 0.5) is 4.79 Å². The van der Waals surface area contributed by atoms with Crippen molar-refractivity contribution in [3.8, 4) is 23.0 Å². The van der Waals surface area contributed by atoms with E-state index in [4.69, 9.17) is 55.7 Å². The summed E-state index contributed by atoms with van der Waals surface area (Å²) in [7, 11) is 0. The maximum absolute atomic E-state index is 12.7. The van der Waals surface area contributed by atoms with Crippen molar-refractivity contribution in [1.82, 2.24) is 15.5 Å². The molecule has 23 heteroatoms. The third kappa shape index (κ3) is 13.0. The number of nitrogens with two attached hydrogens (primary N) is 3. The molecule has 69 heavy (non-hydrogen) atoms. The van der Waals surface area contributed by atoms with Gasteiger partial charge in [-0.05, 0) is 70.0 Å². The summed E-state index contributed by atoms with van der Waals surface area (Å²) in [5, 5.41) is 42.8. The van der Waals surface area contributed by atoms with Crippen LogP contribution in [0.15, 0.2) is 46.7 Å². The lowest BCUT2D eigenvalue weighted by molar-refractivity contribution is -0.142. The van der Waals surface area contributed by atoms with E-state index in [-0.39, 0.29) is 39.9 Å². The number of aliphatic hydroxyl groups is 2. The van der Waals surface area contributed by atoms with Crippen molar-refractivity contribution >= 4 is 41.2 Å². The number of amides is 4. The normalized spacial score (nSPS) is 24.1. The lowest BCUT2D eigenvalue weighted by Gasteiger charge is -2.27. The fourth-order valence-corrected chi connectivity index (χ4v) is 8.40. The van der Waals surface area contributed by atoms with E-state index in [1.807, 2.05) is 44.2 Å². The molecule has 2 spiro atoms. The van der Waals surface area contributed by atoms with Gasteiger partial charge in [-0.15, -0.1) is 0 Å². The summed E-state index contributed by atoms with van der Waals surface area (Å²) >= 11 is 0. The smallest absolute Gasteiger partial charge is 0.411 e. The van der Waals surface area contributed by atoms with Gasteiger partial charge in [-0.2, -0.15) is 0 Å². The average Bonchev–Trinajstić information content (AvgIpc) is 4.16. The molecule has 2 unspecified atom stereocenters. The first kappa shape index (κ1) is 53.5. The van der Waals surface area contributed by atoms with E-state index in [1.54, 1.807) is 26.8 Å². The third-order valence-electron chi connectivity index (χ3n) is 11.9. The highest BCUT2D eigenvalue weighted by atomic mass is 16.7. The molecule has 0 saturated carbocycles. The highest BCUT2D eigenvalue weighted by molar-refractivity contribution is 6.03. The van der Waals surface area contributed by atoms with Crippen molar-refractivity contribution in [2.45, 2.75) is 147 Å². The number of carboxylic acid groups (broad SMARTS) is 1. The van der Waals surface area contributed by atoms with Gasteiger partial charge in [0, 0.05) is 49.4 Å². The van der Waals surface area contributed by atoms with Crippen LogP contribution in [0.1, 0.15) is 105 Å². The Morgan fingerprint density at radius 2 is 1.35 bits per heavy atom. The van der Waals surface area contributed by atoms with Crippen LogP contribution >= 0.6 is 0 Å². The molecule has 11 N–H and O–H groups in total. The number of carbonyl (C=O) groups excluding carboxylic acids is 4. The van der Waals surface area contributed by atoms with Gasteiger partial charge in [0.2, 0.25) is 31.3 Å². The summed E-state index contributed by atoms with van der Waals surface area (Å²) < 4.78 is 26.8. The minimum Gasteiger partial charge on any atom is -0.480 e. The van der Waals surface area contributed by atoms with E-state index in [0.717, 1.165) is 23.3 Å². The van der Waals surface area contributed by atoms with Crippen LogP contribution in [0.2, 0.25) is 0 Å². The number of aliphatic carboxylic acids is 1. The number of nitrogens with one attached hydrogen (secondary N) is 2. The van der Waals surface area contributed by atoms with Crippen molar-refractivity contribution in [2.75, 3.05) is 26.7 Å². The molecule has 0 aliphatic carbocycles. The lowest BCUT2D eigenvalue weighted by Crippen LogP contribution is -2.53. The minimum absolute atomic E-state index is 0. The Morgan fingerprint density at radius 3 is 1.86 bits per heavy atom. The molecule has 8 rings (SSSR count). The van der Waals surface area contributed by atoms with Crippen molar-refractivity contribution in [3.05, 3.63) is 47.5 Å². The molecular weight excluding hydrogens is 905 g/mol. The number of likely N-dealkylation sites (tertiary alicyclic amines) is 1. The number of oxime groups is 2. The number of hydrogen-bond donors (Lipinski definition) is 8. The van der Waals surface area contributed by atoms with Gasteiger partial charge in [-0.1, -0.05) is 44.4 Å². The molecule has 2 aromatic rings. The number of benzene rings is 2. The fourth-order valence-electron chi connectivity index (χ4n) is 8.40. The Morgan fingerprint density at radius 1 is 0.826 bits per heavy atom. The molecule has 6 aliphatic heterocycles. The average molecular weight is 971 g/mol. The first-order valence-electron chi connectivity index (χ1n) is 22.4. The van der Waals surface area contributed by atoms with Gasteiger partial charge in [0.1, 0.15) is 17.7 Å². The van der Waals surface area contributed by atoms with Crippen LogP contribution in [-0.2, 0) is 33.6 Å². The SMILES string of the molecule is C.CC(C)(C)OC(=O)N1C[C@@]2(CC(c3ccc4c(c3)OCO4)=NO2)C[C@H]1C(=O)O.CCC[C@H](N)C(O)C(N)=O.CCC[C@H](NC(=O)[C@@H]1C[C@@]2(CN1)CC(c1ccc3c(c1)OCO3)=NO2)C(O)C(N)=O. The number of rotatable bonds is 13. The first-order valence-corrected chi connectivity index (χ1v) is 22.4. The van der Waals surface area contributed by atoms with Crippen LogP contribution in [0, 0.1) is 0 Å².